The van der Waals surface area contributed by atoms with Gasteiger partial charge in [-0.15, -0.1) is 0 Å². The molecule has 0 aromatic heterocycles. The predicted octanol–water partition coefficient (Wildman–Crippen LogP) is 3.65. The molecule has 0 saturated carbocycles. The van der Waals surface area contributed by atoms with Crippen LogP contribution in [-0.2, 0) is 22.9 Å². The van der Waals surface area contributed by atoms with Gasteiger partial charge in [-0.2, -0.15) is 0 Å². The van der Waals surface area contributed by atoms with Gasteiger partial charge in [0.15, 0.2) is 0 Å². The molecule has 0 bridgehead atoms. The third-order valence-corrected chi connectivity index (χ3v) is 6.09. The van der Waals surface area contributed by atoms with Crippen LogP contribution in [0, 0.1) is 0 Å². The van der Waals surface area contributed by atoms with E-state index in [2.05, 4.69) is 23.8 Å². The van der Waals surface area contributed by atoms with E-state index in [1.54, 1.807) is 6.07 Å². The molecule has 0 fully saturated rings. The first-order valence-corrected chi connectivity index (χ1v) is 9.75. The van der Waals surface area contributed by atoms with Crippen LogP contribution in [0.4, 0.5) is 0 Å². The molecule has 0 unspecified atom stereocenters. The average Bonchev–Trinajstić information content (AvgIpc) is 3.04. The Bertz CT molecular complexity index is 769. The van der Waals surface area contributed by atoms with E-state index in [0.29, 0.717) is 11.4 Å². The molecule has 1 atom stereocenters. The average molecular weight is 329 g/mol. The minimum atomic E-state index is -3.45. The minimum absolute atomic E-state index is 0.195. The second-order valence-corrected chi connectivity index (χ2v) is 7.92. The molecule has 2 aromatic carbocycles. The lowest BCUT2D eigenvalue weighted by Gasteiger charge is -2.16. The second kappa shape index (κ2) is 6.85. The van der Waals surface area contributed by atoms with Gasteiger partial charge in [-0.25, -0.2) is 13.1 Å². The van der Waals surface area contributed by atoms with E-state index in [9.17, 15) is 8.42 Å². The van der Waals surface area contributed by atoms with Gasteiger partial charge in [0.05, 0.1) is 4.90 Å². The summed E-state index contributed by atoms with van der Waals surface area (Å²) in [4.78, 5) is 0.390. The topological polar surface area (TPSA) is 46.2 Å². The molecule has 0 heterocycles. The summed E-state index contributed by atoms with van der Waals surface area (Å²) in [5.74, 6) is 0.195. The van der Waals surface area contributed by atoms with Crippen molar-refractivity contribution in [3.05, 3.63) is 65.2 Å². The summed E-state index contributed by atoms with van der Waals surface area (Å²) >= 11 is 0. The predicted molar refractivity (Wildman–Crippen MR) is 93.1 cm³/mol. The van der Waals surface area contributed by atoms with Gasteiger partial charge in [0, 0.05) is 6.54 Å². The highest BCUT2D eigenvalue weighted by Gasteiger charge is 2.20. The molecule has 0 spiro atoms. The van der Waals surface area contributed by atoms with Crippen LogP contribution in [-0.4, -0.2) is 15.0 Å². The Kier molecular flexibility index (Phi) is 4.83. The maximum absolute atomic E-state index is 12.6. The van der Waals surface area contributed by atoms with E-state index in [4.69, 9.17) is 0 Å². The maximum atomic E-state index is 12.6. The van der Waals surface area contributed by atoms with Crippen molar-refractivity contribution in [2.75, 3.05) is 6.54 Å². The summed E-state index contributed by atoms with van der Waals surface area (Å²) in [6, 6.07) is 15.6. The van der Waals surface area contributed by atoms with Crippen molar-refractivity contribution in [2.24, 2.45) is 0 Å². The molecule has 3 nitrogen and oxygen atoms in total. The van der Waals surface area contributed by atoms with Crippen molar-refractivity contribution in [3.8, 4) is 0 Å². The number of fused-ring (bicyclic) bond motifs is 1. The van der Waals surface area contributed by atoms with Crippen molar-refractivity contribution >= 4 is 10.0 Å². The fourth-order valence-electron chi connectivity index (χ4n) is 3.23. The number of hydrogen-bond acceptors (Lipinski definition) is 2. The zero-order chi connectivity index (χ0) is 16.3. The first-order chi connectivity index (χ1) is 11.1. The van der Waals surface area contributed by atoms with Gasteiger partial charge in [0.25, 0.3) is 0 Å². The molecule has 1 aliphatic carbocycles. The summed E-state index contributed by atoms with van der Waals surface area (Å²) < 4.78 is 27.9. The van der Waals surface area contributed by atoms with E-state index in [1.165, 1.54) is 16.7 Å². The smallest absolute Gasteiger partial charge is 0.211 e. The van der Waals surface area contributed by atoms with Gasteiger partial charge in [-0.3, -0.25) is 0 Å². The summed E-state index contributed by atoms with van der Waals surface area (Å²) in [7, 11) is -3.45. The van der Waals surface area contributed by atoms with Crippen LogP contribution in [0.2, 0.25) is 0 Å². The van der Waals surface area contributed by atoms with Crippen molar-refractivity contribution in [1.82, 2.24) is 4.72 Å². The van der Waals surface area contributed by atoms with Crippen molar-refractivity contribution < 1.29 is 8.42 Å². The summed E-state index contributed by atoms with van der Waals surface area (Å²) in [5, 5.41) is 0. The number of hydrogen-bond donors (Lipinski definition) is 1. The van der Waals surface area contributed by atoms with Crippen LogP contribution in [0.3, 0.4) is 0 Å². The molecule has 0 saturated heterocycles. The minimum Gasteiger partial charge on any atom is -0.211 e. The van der Waals surface area contributed by atoms with Crippen LogP contribution in [0.5, 0.6) is 0 Å². The number of rotatable bonds is 6. The van der Waals surface area contributed by atoms with Crippen LogP contribution in [0.1, 0.15) is 42.4 Å². The highest BCUT2D eigenvalue weighted by Crippen LogP contribution is 2.25. The standard InChI is InChI=1S/C19H23NO2S/c1-2-15(16-7-4-3-5-8-16)14-20-23(21,22)19-12-11-17-9-6-10-18(17)13-19/h3-5,7-8,11-13,15,20H,2,6,9-10,14H2,1H3/t15-/m0/s1. The van der Waals surface area contributed by atoms with E-state index < -0.39 is 10.0 Å². The number of nitrogens with one attached hydrogen (secondary N) is 1. The first kappa shape index (κ1) is 16.2. The molecule has 1 N–H and O–H groups in total. The Morgan fingerprint density at radius 3 is 2.52 bits per heavy atom. The van der Waals surface area contributed by atoms with E-state index in [1.807, 2.05) is 30.3 Å². The lowest BCUT2D eigenvalue weighted by atomic mass is 9.97. The van der Waals surface area contributed by atoms with Gasteiger partial charge in [-0.05, 0) is 60.4 Å². The zero-order valence-electron chi connectivity index (χ0n) is 13.5. The fourth-order valence-corrected chi connectivity index (χ4v) is 4.36. The zero-order valence-corrected chi connectivity index (χ0v) is 14.3. The lowest BCUT2D eigenvalue weighted by Crippen LogP contribution is -2.28. The van der Waals surface area contributed by atoms with Crippen LogP contribution in [0.15, 0.2) is 53.4 Å². The second-order valence-electron chi connectivity index (χ2n) is 6.15. The normalized spacial score (nSPS) is 15.3. The van der Waals surface area contributed by atoms with E-state index in [0.717, 1.165) is 25.7 Å². The van der Waals surface area contributed by atoms with E-state index >= 15 is 0 Å². The number of benzene rings is 2. The molecule has 0 amide bonds. The molecule has 0 aliphatic heterocycles. The SMILES string of the molecule is CC[C@@H](CNS(=O)(=O)c1ccc2c(c1)CCC2)c1ccccc1. The molecule has 1 aliphatic rings. The third-order valence-electron chi connectivity index (χ3n) is 4.66. The lowest BCUT2D eigenvalue weighted by molar-refractivity contribution is 0.566. The molecular formula is C19H23NO2S. The van der Waals surface area contributed by atoms with Gasteiger partial charge < -0.3 is 0 Å². The Balaban J connectivity index is 1.73. The Morgan fingerprint density at radius 2 is 1.78 bits per heavy atom. The van der Waals surface area contributed by atoms with Crippen molar-refractivity contribution in [2.45, 2.75) is 43.4 Å². The van der Waals surface area contributed by atoms with E-state index in [-0.39, 0.29) is 5.92 Å². The van der Waals surface area contributed by atoms with Gasteiger partial charge >= 0.3 is 0 Å². The molecule has 3 rings (SSSR count). The van der Waals surface area contributed by atoms with Gasteiger partial charge in [0.2, 0.25) is 10.0 Å². The van der Waals surface area contributed by atoms with Crippen molar-refractivity contribution in [3.63, 3.8) is 0 Å². The highest BCUT2D eigenvalue weighted by atomic mass is 32.2. The maximum Gasteiger partial charge on any atom is 0.240 e. The Hall–Kier alpha value is -1.65. The Labute approximate surface area is 138 Å². The fraction of sp³-hybridized carbons (Fsp3) is 0.368. The third kappa shape index (κ3) is 3.65. The summed E-state index contributed by atoms with van der Waals surface area (Å²) in [6.07, 6.45) is 4.07. The summed E-state index contributed by atoms with van der Waals surface area (Å²) in [5.41, 5.74) is 3.65. The number of aryl methyl sites for hydroxylation is 2. The van der Waals surface area contributed by atoms with Crippen LogP contribution in [0.25, 0.3) is 0 Å². The molecular weight excluding hydrogens is 306 g/mol. The van der Waals surface area contributed by atoms with Crippen molar-refractivity contribution in [1.29, 1.82) is 0 Å². The molecule has 0 radical (unpaired) electrons. The quantitative estimate of drug-likeness (QED) is 0.879. The highest BCUT2D eigenvalue weighted by molar-refractivity contribution is 7.89. The largest absolute Gasteiger partial charge is 0.240 e. The summed E-state index contributed by atoms with van der Waals surface area (Å²) in [6.45, 7) is 2.52. The number of sulfonamides is 1. The molecule has 122 valence electrons. The Morgan fingerprint density at radius 1 is 1.04 bits per heavy atom. The van der Waals surface area contributed by atoms with Crippen LogP contribution < -0.4 is 4.72 Å². The first-order valence-electron chi connectivity index (χ1n) is 8.26. The molecule has 4 heteroatoms. The molecule has 23 heavy (non-hydrogen) atoms. The monoisotopic (exact) mass is 329 g/mol. The molecule has 2 aromatic rings. The van der Waals surface area contributed by atoms with Gasteiger partial charge in [-0.1, -0.05) is 43.3 Å². The van der Waals surface area contributed by atoms with Gasteiger partial charge in [0.1, 0.15) is 0 Å². The van der Waals surface area contributed by atoms with Crippen LogP contribution >= 0.6 is 0 Å².